The molecular formula is C17H23NO7S. The van der Waals surface area contributed by atoms with Crippen LogP contribution in [0.5, 0.6) is 0 Å². The molecule has 1 aromatic rings. The minimum Gasteiger partial charge on any atom is -0.481 e. The molecule has 0 spiro atoms. The molecule has 0 aliphatic carbocycles. The lowest BCUT2D eigenvalue weighted by molar-refractivity contribution is -0.154. The summed E-state index contributed by atoms with van der Waals surface area (Å²) >= 11 is 0. The van der Waals surface area contributed by atoms with Crippen LogP contribution in [-0.4, -0.2) is 64.6 Å². The average Bonchev–Trinajstić information content (AvgIpc) is 2.65. The maximum Gasteiger partial charge on any atom is 0.311 e. The molecule has 1 fully saturated rings. The second kappa shape index (κ2) is 8.61. The molecule has 0 radical (unpaired) electrons. The Morgan fingerprint density at radius 1 is 1.23 bits per heavy atom. The van der Waals surface area contributed by atoms with Gasteiger partial charge in [-0.15, -0.1) is 0 Å². The van der Waals surface area contributed by atoms with Gasteiger partial charge in [-0.1, -0.05) is 0 Å². The van der Waals surface area contributed by atoms with Gasteiger partial charge in [0.05, 0.1) is 22.7 Å². The number of hydrogen-bond acceptors (Lipinski definition) is 6. The summed E-state index contributed by atoms with van der Waals surface area (Å²) < 4.78 is 34.1. The Bertz CT molecular complexity index is 737. The van der Waals surface area contributed by atoms with Crippen molar-refractivity contribution >= 4 is 21.7 Å². The van der Waals surface area contributed by atoms with Crippen molar-refractivity contribution in [2.24, 2.45) is 5.41 Å². The molecule has 8 nitrogen and oxygen atoms in total. The predicted molar refractivity (Wildman–Crippen MR) is 92.8 cm³/mol. The highest BCUT2D eigenvalue weighted by Crippen LogP contribution is 2.30. The van der Waals surface area contributed by atoms with Gasteiger partial charge in [-0.2, -0.15) is 0 Å². The van der Waals surface area contributed by atoms with Crippen molar-refractivity contribution in [3.8, 4) is 0 Å². The number of carbonyl (C=O) groups excluding carboxylic acids is 1. The second-order valence-electron chi connectivity index (χ2n) is 6.22. The SMILES string of the molecule is COCCS(=O)(=O)c1ccc(C(=O)NCC2(C(=O)O)CCOCC2)cc1. The van der Waals surface area contributed by atoms with Crippen LogP contribution in [-0.2, 0) is 24.1 Å². The Morgan fingerprint density at radius 3 is 2.38 bits per heavy atom. The normalized spacial score (nSPS) is 16.8. The predicted octanol–water partition coefficient (Wildman–Crippen LogP) is 0.718. The van der Waals surface area contributed by atoms with Gasteiger partial charge < -0.3 is 19.9 Å². The lowest BCUT2D eigenvalue weighted by Crippen LogP contribution is -2.46. The third-order valence-electron chi connectivity index (χ3n) is 4.52. The summed E-state index contributed by atoms with van der Waals surface area (Å²) in [5.74, 6) is -1.54. The average molecular weight is 385 g/mol. The van der Waals surface area contributed by atoms with Gasteiger partial charge in [0, 0.05) is 32.4 Å². The number of methoxy groups -OCH3 is 1. The van der Waals surface area contributed by atoms with Gasteiger partial charge in [0.2, 0.25) is 0 Å². The van der Waals surface area contributed by atoms with E-state index in [4.69, 9.17) is 9.47 Å². The quantitative estimate of drug-likeness (QED) is 0.677. The van der Waals surface area contributed by atoms with Crippen LogP contribution in [0.4, 0.5) is 0 Å². The fourth-order valence-electron chi connectivity index (χ4n) is 2.70. The van der Waals surface area contributed by atoms with Gasteiger partial charge in [-0.05, 0) is 37.1 Å². The molecule has 1 heterocycles. The Hall–Kier alpha value is -1.97. The van der Waals surface area contributed by atoms with Crippen molar-refractivity contribution < 1.29 is 32.6 Å². The maximum absolute atomic E-state index is 12.3. The monoisotopic (exact) mass is 385 g/mol. The van der Waals surface area contributed by atoms with Crippen molar-refractivity contribution in [3.05, 3.63) is 29.8 Å². The highest BCUT2D eigenvalue weighted by molar-refractivity contribution is 7.91. The van der Waals surface area contributed by atoms with Crippen LogP contribution in [0.25, 0.3) is 0 Å². The Balaban J connectivity index is 2.02. The zero-order valence-corrected chi connectivity index (χ0v) is 15.4. The zero-order valence-electron chi connectivity index (χ0n) is 14.6. The largest absolute Gasteiger partial charge is 0.481 e. The molecule has 0 saturated carbocycles. The van der Waals surface area contributed by atoms with Crippen LogP contribution in [0.2, 0.25) is 0 Å². The summed E-state index contributed by atoms with van der Waals surface area (Å²) in [4.78, 5) is 24.0. The van der Waals surface area contributed by atoms with Crippen LogP contribution in [0.15, 0.2) is 29.2 Å². The summed E-state index contributed by atoms with van der Waals surface area (Å²) in [5.41, 5.74) is -0.763. The Kier molecular flexibility index (Phi) is 6.74. The number of sulfone groups is 1. The molecule has 0 bridgehead atoms. The number of hydrogen-bond donors (Lipinski definition) is 2. The first-order valence-corrected chi connectivity index (χ1v) is 9.87. The van der Waals surface area contributed by atoms with Crippen LogP contribution >= 0.6 is 0 Å². The van der Waals surface area contributed by atoms with E-state index in [1.54, 1.807) is 0 Å². The number of nitrogens with one attached hydrogen (secondary N) is 1. The first kappa shape index (κ1) is 20.3. The number of carboxylic acids is 1. The van der Waals surface area contributed by atoms with Gasteiger partial charge in [0.1, 0.15) is 0 Å². The van der Waals surface area contributed by atoms with Crippen LogP contribution < -0.4 is 5.32 Å². The van der Waals surface area contributed by atoms with Gasteiger partial charge in [-0.3, -0.25) is 9.59 Å². The van der Waals surface area contributed by atoms with E-state index in [2.05, 4.69) is 5.32 Å². The molecule has 0 atom stereocenters. The number of carbonyl (C=O) groups is 2. The molecule has 2 rings (SSSR count). The highest BCUT2D eigenvalue weighted by Gasteiger charge is 2.40. The number of carboxylic acid groups (broad SMARTS) is 1. The van der Waals surface area contributed by atoms with Gasteiger partial charge in [0.15, 0.2) is 9.84 Å². The number of rotatable bonds is 8. The number of aliphatic carboxylic acids is 1. The van der Waals surface area contributed by atoms with Crippen molar-refractivity contribution in [1.29, 1.82) is 0 Å². The minimum atomic E-state index is -3.46. The molecule has 0 aromatic heterocycles. The van der Waals surface area contributed by atoms with E-state index in [9.17, 15) is 23.1 Å². The third kappa shape index (κ3) is 4.80. The first-order valence-electron chi connectivity index (χ1n) is 8.22. The summed E-state index contributed by atoms with van der Waals surface area (Å²) in [5, 5.41) is 12.1. The van der Waals surface area contributed by atoms with Crippen molar-refractivity contribution in [2.45, 2.75) is 17.7 Å². The number of amides is 1. The molecule has 9 heteroatoms. The standard InChI is InChI=1S/C17H23NO7S/c1-24-10-11-26(22,23)14-4-2-13(3-5-14)15(19)18-12-17(16(20)21)6-8-25-9-7-17/h2-5H,6-12H2,1H3,(H,18,19)(H,20,21). The fourth-order valence-corrected chi connectivity index (χ4v) is 3.88. The molecule has 2 N–H and O–H groups in total. The topological polar surface area (TPSA) is 119 Å². The molecule has 1 saturated heterocycles. The zero-order chi connectivity index (χ0) is 19.2. The van der Waals surface area contributed by atoms with E-state index in [0.29, 0.717) is 26.1 Å². The van der Waals surface area contributed by atoms with Crippen LogP contribution in [0.3, 0.4) is 0 Å². The molecule has 1 aliphatic heterocycles. The third-order valence-corrected chi connectivity index (χ3v) is 6.22. The summed E-state index contributed by atoms with van der Waals surface area (Å²) in [6, 6.07) is 5.54. The summed E-state index contributed by atoms with van der Waals surface area (Å²) in [7, 11) is -2.04. The summed E-state index contributed by atoms with van der Waals surface area (Å²) in [6.45, 7) is 0.774. The van der Waals surface area contributed by atoms with E-state index in [0.717, 1.165) is 0 Å². The van der Waals surface area contributed by atoms with Crippen molar-refractivity contribution in [3.63, 3.8) is 0 Å². The van der Waals surface area contributed by atoms with Crippen LogP contribution in [0, 0.1) is 5.41 Å². The molecule has 1 aromatic carbocycles. The van der Waals surface area contributed by atoms with E-state index < -0.39 is 27.1 Å². The second-order valence-corrected chi connectivity index (χ2v) is 8.33. The van der Waals surface area contributed by atoms with E-state index in [-0.39, 0.29) is 29.4 Å². The van der Waals surface area contributed by atoms with Crippen molar-refractivity contribution in [2.75, 3.05) is 39.2 Å². The first-order chi connectivity index (χ1) is 12.3. The minimum absolute atomic E-state index is 0.00157. The lowest BCUT2D eigenvalue weighted by atomic mass is 9.80. The van der Waals surface area contributed by atoms with E-state index in [1.165, 1.54) is 31.4 Å². The van der Waals surface area contributed by atoms with Gasteiger partial charge >= 0.3 is 5.97 Å². The van der Waals surface area contributed by atoms with Gasteiger partial charge in [0.25, 0.3) is 5.91 Å². The molecular weight excluding hydrogens is 362 g/mol. The molecule has 144 valence electrons. The number of benzene rings is 1. The molecule has 0 unspecified atom stereocenters. The highest BCUT2D eigenvalue weighted by atomic mass is 32.2. The Morgan fingerprint density at radius 2 is 1.85 bits per heavy atom. The lowest BCUT2D eigenvalue weighted by Gasteiger charge is -2.33. The fraction of sp³-hybridized carbons (Fsp3) is 0.529. The van der Waals surface area contributed by atoms with Crippen molar-refractivity contribution in [1.82, 2.24) is 5.32 Å². The molecule has 1 amide bonds. The van der Waals surface area contributed by atoms with E-state index in [1.807, 2.05) is 0 Å². The maximum atomic E-state index is 12.3. The molecule has 26 heavy (non-hydrogen) atoms. The van der Waals surface area contributed by atoms with Crippen LogP contribution in [0.1, 0.15) is 23.2 Å². The van der Waals surface area contributed by atoms with Gasteiger partial charge in [-0.25, -0.2) is 8.42 Å². The molecule has 1 aliphatic rings. The van der Waals surface area contributed by atoms with E-state index >= 15 is 0 Å². The number of ether oxygens (including phenoxy) is 2. The Labute approximate surface area is 152 Å². The smallest absolute Gasteiger partial charge is 0.311 e. The summed E-state index contributed by atoms with van der Waals surface area (Å²) in [6.07, 6.45) is 0.665.